The third-order valence-electron chi connectivity index (χ3n) is 9.85. The lowest BCUT2D eigenvalue weighted by Crippen LogP contribution is -2.45. The molecule has 0 fully saturated rings. The van der Waals surface area contributed by atoms with Crippen molar-refractivity contribution in [3.05, 3.63) is 48.6 Å². The maximum absolute atomic E-state index is 13.3. The molecule has 0 aromatic carbocycles. The topological polar surface area (TPSA) is 55.9 Å². The first kappa shape index (κ1) is 50.8. The normalized spacial score (nSPS) is 12.2. The molecule has 0 heterocycles. The number of amides is 3. The van der Waals surface area contributed by atoms with Crippen LogP contribution in [0.25, 0.3) is 0 Å². The van der Waals surface area contributed by atoms with Gasteiger partial charge in [0.05, 0.1) is 0 Å². The van der Waals surface area contributed by atoms with Crippen molar-refractivity contribution in [1.29, 1.82) is 0 Å². The summed E-state index contributed by atoms with van der Waals surface area (Å²) >= 11 is 0. The van der Waals surface area contributed by atoms with Crippen molar-refractivity contribution in [1.82, 2.24) is 20.0 Å². The van der Waals surface area contributed by atoms with Gasteiger partial charge in [-0.1, -0.05) is 140 Å². The van der Waals surface area contributed by atoms with Gasteiger partial charge in [-0.05, 0) is 124 Å². The van der Waals surface area contributed by atoms with Crippen molar-refractivity contribution in [3.63, 3.8) is 0 Å². The molecule has 6 heteroatoms. The molecule has 308 valence electrons. The van der Waals surface area contributed by atoms with Gasteiger partial charge in [0.15, 0.2) is 0 Å². The quantitative estimate of drug-likeness (QED) is 0.0506. The second kappa shape index (κ2) is 41.0. The highest BCUT2D eigenvalue weighted by atomic mass is 16.2. The molecule has 0 spiro atoms. The van der Waals surface area contributed by atoms with Crippen LogP contribution in [0.3, 0.4) is 0 Å². The van der Waals surface area contributed by atoms with Gasteiger partial charge in [-0.25, -0.2) is 4.79 Å². The number of rotatable bonds is 38. The first-order valence-corrected chi connectivity index (χ1v) is 22.5. The number of nitrogens with zero attached hydrogens (tertiary/aromatic N) is 3. The van der Waals surface area contributed by atoms with Crippen LogP contribution in [0.1, 0.15) is 188 Å². The molecule has 0 aliphatic heterocycles. The number of urea groups is 1. The fourth-order valence-electron chi connectivity index (χ4n) is 6.50. The van der Waals surface area contributed by atoms with Gasteiger partial charge in [-0.15, -0.1) is 0 Å². The van der Waals surface area contributed by atoms with Crippen LogP contribution in [-0.2, 0) is 4.79 Å². The van der Waals surface area contributed by atoms with Gasteiger partial charge < -0.3 is 15.1 Å². The van der Waals surface area contributed by atoms with E-state index >= 15 is 0 Å². The molecule has 0 aliphatic carbocycles. The summed E-state index contributed by atoms with van der Waals surface area (Å²) in [5.41, 5.74) is 0. The number of imide groups is 1. The molecular weight excluding hydrogens is 653 g/mol. The standard InChI is InChI=1S/C47H88N4O2/c1-6-9-11-13-15-17-19-21-23-25-27-29-31-33-35-37-42-50(45-40-46(52)51(47(53)48-8-3)44-39-41-49(4)5)43-38-36-34-32-30-28-26-24-22-20-18-16-14-12-10-7-2/h15-18,21-24H,6-14,19-20,25-45H2,1-5H3,(H,48,53)/b17-15-,18-16-,23-21-,24-22-. The molecule has 0 saturated heterocycles. The number of carbonyl (C=O) groups is 2. The average molecular weight is 741 g/mol. The van der Waals surface area contributed by atoms with Crippen molar-refractivity contribution >= 4 is 11.9 Å². The van der Waals surface area contributed by atoms with Crippen LogP contribution >= 0.6 is 0 Å². The summed E-state index contributed by atoms with van der Waals surface area (Å²) in [4.78, 5) is 32.1. The Morgan fingerprint density at radius 1 is 0.453 bits per heavy atom. The zero-order valence-corrected chi connectivity index (χ0v) is 35.9. The maximum atomic E-state index is 13.3. The molecule has 1 N–H and O–H groups in total. The molecule has 3 amide bonds. The third kappa shape index (κ3) is 36.6. The summed E-state index contributed by atoms with van der Waals surface area (Å²) in [6, 6.07) is -0.252. The minimum absolute atomic E-state index is 0.0474. The summed E-state index contributed by atoms with van der Waals surface area (Å²) < 4.78 is 0. The van der Waals surface area contributed by atoms with E-state index in [0.29, 0.717) is 19.5 Å². The highest BCUT2D eigenvalue weighted by molar-refractivity contribution is 5.94. The van der Waals surface area contributed by atoms with Crippen LogP contribution in [0.2, 0.25) is 0 Å². The second-order valence-corrected chi connectivity index (χ2v) is 15.3. The number of unbranched alkanes of at least 4 members (excludes halogenated alkanes) is 18. The van der Waals surface area contributed by atoms with Crippen LogP contribution in [-0.4, -0.2) is 80.0 Å². The number of carbonyl (C=O) groups excluding carboxylic acids is 2. The Hall–Kier alpha value is -2.18. The Balaban J connectivity index is 4.54. The number of hydrogen-bond acceptors (Lipinski definition) is 4. The summed E-state index contributed by atoms with van der Waals surface area (Å²) in [6.07, 6.45) is 50.0. The summed E-state index contributed by atoms with van der Waals surface area (Å²) in [5, 5.41) is 2.85. The van der Waals surface area contributed by atoms with E-state index in [9.17, 15) is 9.59 Å². The molecule has 6 nitrogen and oxygen atoms in total. The van der Waals surface area contributed by atoms with Crippen molar-refractivity contribution in [2.75, 3.05) is 53.4 Å². The van der Waals surface area contributed by atoms with E-state index in [-0.39, 0.29) is 11.9 Å². The predicted molar refractivity (Wildman–Crippen MR) is 234 cm³/mol. The van der Waals surface area contributed by atoms with E-state index in [2.05, 4.69) is 77.6 Å². The molecule has 0 bridgehead atoms. The Morgan fingerprint density at radius 3 is 1.28 bits per heavy atom. The van der Waals surface area contributed by atoms with Crippen LogP contribution in [0.15, 0.2) is 48.6 Å². The molecule has 0 rings (SSSR count). The van der Waals surface area contributed by atoms with Crippen molar-refractivity contribution < 1.29 is 9.59 Å². The van der Waals surface area contributed by atoms with E-state index in [0.717, 1.165) is 45.4 Å². The molecular formula is C47H88N4O2. The molecule has 0 aliphatic rings. The fraction of sp³-hybridized carbons (Fsp3) is 0.787. The van der Waals surface area contributed by atoms with Gasteiger partial charge in [-0.2, -0.15) is 0 Å². The largest absolute Gasteiger partial charge is 0.338 e. The smallest absolute Gasteiger partial charge is 0.324 e. The summed E-state index contributed by atoms with van der Waals surface area (Å²) in [5.74, 6) is -0.0474. The first-order chi connectivity index (χ1) is 26.0. The van der Waals surface area contributed by atoms with Crippen molar-refractivity contribution in [3.8, 4) is 0 Å². The van der Waals surface area contributed by atoms with E-state index in [1.54, 1.807) is 0 Å². The number of nitrogens with one attached hydrogen (secondary N) is 1. The van der Waals surface area contributed by atoms with E-state index in [4.69, 9.17) is 0 Å². The van der Waals surface area contributed by atoms with Gasteiger partial charge in [0.1, 0.15) is 0 Å². The van der Waals surface area contributed by atoms with Crippen LogP contribution < -0.4 is 5.32 Å². The second-order valence-electron chi connectivity index (χ2n) is 15.3. The highest BCUT2D eigenvalue weighted by Crippen LogP contribution is 2.12. The van der Waals surface area contributed by atoms with E-state index < -0.39 is 0 Å². The lowest BCUT2D eigenvalue weighted by molar-refractivity contribution is -0.128. The minimum Gasteiger partial charge on any atom is -0.338 e. The van der Waals surface area contributed by atoms with E-state index in [1.807, 2.05) is 21.0 Å². The summed E-state index contributed by atoms with van der Waals surface area (Å²) in [7, 11) is 4.05. The zero-order valence-electron chi connectivity index (χ0n) is 35.9. The van der Waals surface area contributed by atoms with Gasteiger partial charge in [0, 0.05) is 26.1 Å². The van der Waals surface area contributed by atoms with E-state index in [1.165, 1.54) is 146 Å². The molecule has 0 radical (unpaired) electrons. The molecule has 0 aromatic heterocycles. The van der Waals surface area contributed by atoms with Crippen molar-refractivity contribution in [2.24, 2.45) is 0 Å². The summed E-state index contributed by atoms with van der Waals surface area (Å²) in [6.45, 7) is 11.1. The average Bonchev–Trinajstić information content (AvgIpc) is 3.14. The molecule has 0 aromatic rings. The highest BCUT2D eigenvalue weighted by Gasteiger charge is 2.21. The van der Waals surface area contributed by atoms with Crippen LogP contribution in [0.5, 0.6) is 0 Å². The third-order valence-corrected chi connectivity index (χ3v) is 9.85. The van der Waals surface area contributed by atoms with Crippen molar-refractivity contribution in [2.45, 2.75) is 188 Å². The molecule has 53 heavy (non-hydrogen) atoms. The SMILES string of the molecule is CCCCC/C=C\C/C=C\CCCCCCCCN(CCCCCCCC/C=C\C/C=C\CCCCC)CCC(=O)N(CCCN(C)C)C(=O)NCC. The van der Waals surface area contributed by atoms with Crippen LogP contribution in [0.4, 0.5) is 4.79 Å². The fourth-order valence-corrected chi connectivity index (χ4v) is 6.50. The zero-order chi connectivity index (χ0) is 38.9. The molecule has 0 saturated carbocycles. The Labute approximate surface area is 330 Å². The minimum atomic E-state index is -0.252. The number of allylic oxidation sites excluding steroid dienone is 8. The maximum Gasteiger partial charge on any atom is 0.324 e. The Morgan fingerprint density at radius 2 is 0.868 bits per heavy atom. The monoisotopic (exact) mass is 741 g/mol. The van der Waals surface area contributed by atoms with Gasteiger partial charge >= 0.3 is 6.03 Å². The lowest BCUT2D eigenvalue weighted by Gasteiger charge is -2.25. The predicted octanol–water partition coefficient (Wildman–Crippen LogP) is 12.8. The van der Waals surface area contributed by atoms with Gasteiger partial charge in [-0.3, -0.25) is 9.69 Å². The molecule has 0 unspecified atom stereocenters. The first-order valence-electron chi connectivity index (χ1n) is 22.5. The van der Waals surface area contributed by atoms with Gasteiger partial charge in [0.2, 0.25) is 5.91 Å². The van der Waals surface area contributed by atoms with Gasteiger partial charge in [0.25, 0.3) is 0 Å². The van der Waals surface area contributed by atoms with Crippen LogP contribution in [0, 0.1) is 0 Å². The molecule has 0 atom stereocenters. The Kier molecular flexibility index (Phi) is 39.3. The lowest BCUT2D eigenvalue weighted by atomic mass is 10.1. The Bertz CT molecular complexity index is 878. The number of hydrogen-bond donors (Lipinski definition) is 1.